The lowest BCUT2D eigenvalue weighted by molar-refractivity contribution is 0.0746. The van der Waals surface area contributed by atoms with Crippen LogP contribution in [0.4, 0.5) is 0 Å². The fraction of sp³-hybridized carbons (Fsp3) is 1.00. The fourth-order valence-electron chi connectivity index (χ4n) is 4.16. The minimum absolute atomic E-state index is 0.141. The average molecular weight is 298 g/mol. The van der Waals surface area contributed by atoms with Gasteiger partial charge >= 0.3 is 0 Å². The maximum Gasteiger partial charge on any atom is 0.0201 e. The third-order valence-electron chi connectivity index (χ3n) is 3.25. The zero-order chi connectivity index (χ0) is 17.3. The van der Waals surface area contributed by atoms with E-state index in [0.717, 1.165) is 0 Å². The molecule has 0 saturated heterocycles. The fourth-order valence-corrected chi connectivity index (χ4v) is 4.16. The van der Waals surface area contributed by atoms with Gasteiger partial charge in [-0.2, -0.15) is 0 Å². The third kappa shape index (κ3) is 11.2. The Hall–Kier alpha value is -0.0400. The Kier molecular flexibility index (Phi) is 6.21. The molecule has 0 saturated carbocycles. The van der Waals surface area contributed by atoms with E-state index >= 15 is 0 Å². The molecule has 0 atom stereocenters. The zero-order valence-electron chi connectivity index (χ0n) is 17.1. The van der Waals surface area contributed by atoms with Crippen molar-refractivity contribution in [2.75, 3.05) is 0 Å². The van der Waals surface area contributed by atoms with E-state index in [9.17, 15) is 0 Å². The van der Waals surface area contributed by atoms with E-state index < -0.39 is 0 Å². The smallest absolute Gasteiger partial charge is 0.0201 e. The highest BCUT2D eigenvalue weighted by atomic mass is 15.0. The summed E-state index contributed by atoms with van der Waals surface area (Å²) in [7, 11) is 0. The van der Waals surface area contributed by atoms with Gasteiger partial charge in [0, 0.05) is 11.1 Å². The van der Waals surface area contributed by atoms with Gasteiger partial charge in [-0.05, 0) is 56.3 Å². The first-order valence-corrected chi connectivity index (χ1v) is 8.62. The van der Waals surface area contributed by atoms with Crippen molar-refractivity contribution in [3.8, 4) is 0 Å². The highest BCUT2D eigenvalue weighted by Crippen LogP contribution is 2.43. The van der Waals surface area contributed by atoms with Gasteiger partial charge in [0.05, 0.1) is 0 Å². The predicted molar refractivity (Wildman–Crippen MR) is 97.8 cm³/mol. The van der Waals surface area contributed by atoms with E-state index in [-0.39, 0.29) is 11.1 Å². The molecule has 0 bridgehead atoms. The Bertz CT molecular complexity index is 242. The maximum absolute atomic E-state index is 4.04. The van der Waals surface area contributed by atoms with Crippen LogP contribution in [0.3, 0.4) is 0 Å². The van der Waals surface area contributed by atoms with Crippen LogP contribution in [0.15, 0.2) is 0 Å². The molecule has 0 amide bonds. The van der Waals surface area contributed by atoms with Crippen LogP contribution in [0, 0.1) is 16.2 Å². The van der Waals surface area contributed by atoms with Gasteiger partial charge in [-0.1, -0.05) is 62.3 Å². The molecule has 128 valence electrons. The molecule has 1 nitrogen and oxygen atoms in total. The summed E-state index contributed by atoms with van der Waals surface area (Å²) in [6.07, 6.45) is 3.64. The normalized spacial score (nSPS) is 15.4. The first-order chi connectivity index (χ1) is 8.83. The largest absolute Gasteiger partial charge is 0.307 e. The molecule has 0 aliphatic heterocycles. The van der Waals surface area contributed by atoms with E-state index in [2.05, 4.69) is 88.4 Å². The summed E-state index contributed by atoms with van der Waals surface area (Å²) >= 11 is 0. The van der Waals surface area contributed by atoms with Gasteiger partial charge in [0.2, 0.25) is 0 Å². The van der Waals surface area contributed by atoms with Crippen LogP contribution in [0.5, 0.6) is 0 Å². The molecule has 1 N–H and O–H groups in total. The van der Waals surface area contributed by atoms with Crippen LogP contribution in [0.1, 0.15) is 102 Å². The highest BCUT2D eigenvalue weighted by molar-refractivity contribution is 5.00. The number of nitrogens with one attached hydrogen (secondary N) is 1. The zero-order valence-corrected chi connectivity index (χ0v) is 17.1. The van der Waals surface area contributed by atoms with Gasteiger partial charge in [-0.15, -0.1) is 0 Å². The van der Waals surface area contributed by atoms with Crippen molar-refractivity contribution < 1.29 is 0 Å². The van der Waals surface area contributed by atoms with Crippen LogP contribution < -0.4 is 5.32 Å². The van der Waals surface area contributed by atoms with Crippen molar-refractivity contribution >= 4 is 0 Å². The topological polar surface area (TPSA) is 12.0 Å². The van der Waals surface area contributed by atoms with Gasteiger partial charge < -0.3 is 5.32 Å². The van der Waals surface area contributed by atoms with E-state index in [4.69, 9.17) is 0 Å². The highest BCUT2D eigenvalue weighted by Gasteiger charge is 2.42. The minimum atomic E-state index is 0.141. The summed E-state index contributed by atoms with van der Waals surface area (Å²) in [5.74, 6) is 0. The first-order valence-electron chi connectivity index (χ1n) is 8.62. The van der Waals surface area contributed by atoms with Gasteiger partial charge in [-0.3, -0.25) is 0 Å². The molecule has 0 rings (SSSR count). The SMILES string of the molecule is CC(C)(C)CC(CC(C)(C)C)(CC(C)(C)C)NC(C)(C)C. The number of rotatable bonds is 4. The molecule has 0 aromatic heterocycles. The predicted octanol–water partition coefficient (Wildman–Crippen LogP) is 6.42. The van der Waals surface area contributed by atoms with Crippen molar-refractivity contribution in [2.24, 2.45) is 16.2 Å². The molecule has 0 aromatic rings. The summed E-state index contributed by atoms with van der Waals surface area (Å²) in [6, 6.07) is 0. The minimum Gasteiger partial charge on any atom is -0.307 e. The van der Waals surface area contributed by atoms with E-state index in [1.54, 1.807) is 0 Å². The van der Waals surface area contributed by atoms with E-state index in [1.165, 1.54) is 19.3 Å². The van der Waals surface area contributed by atoms with Crippen LogP contribution in [0.25, 0.3) is 0 Å². The summed E-state index contributed by atoms with van der Waals surface area (Å²) < 4.78 is 0. The first kappa shape index (κ1) is 21.0. The van der Waals surface area contributed by atoms with Crippen molar-refractivity contribution in [3.05, 3.63) is 0 Å². The molecular weight excluding hydrogens is 254 g/mol. The van der Waals surface area contributed by atoms with Crippen molar-refractivity contribution in [3.63, 3.8) is 0 Å². The number of hydrogen-bond donors (Lipinski definition) is 1. The Morgan fingerprint density at radius 2 is 0.714 bits per heavy atom. The van der Waals surface area contributed by atoms with Gasteiger partial charge in [0.15, 0.2) is 0 Å². The maximum atomic E-state index is 4.04. The third-order valence-corrected chi connectivity index (χ3v) is 3.25. The summed E-state index contributed by atoms with van der Waals surface area (Å²) in [4.78, 5) is 0. The Balaban J connectivity index is 5.70. The quantitative estimate of drug-likeness (QED) is 0.631. The van der Waals surface area contributed by atoms with Crippen LogP contribution in [-0.4, -0.2) is 11.1 Å². The molecule has 0 heterocycles. The molecule has 0 aromatic carbocycles. The van der Waals surface area contributed by atoms with Crippen molar-refractivity contribution in [1.82, 2.24) is 5.32 Å². The summed E-state index contributed by atoms with van der Waals surface area (Å²) in [5, 5.41) is 4.04. The second-order valence-corrected chi connectivity index (χ2v) is 11.9. The Labute approximate surface area is 135 Å². The second kappa shape index (κ2) is 6.22. The lowest BCUT2D eigenvalue weighted by Gasteiger charge is -2.50. The lowest BCUT2D eigenvalue weighted by atomic mass is 9.65. The van der Waals surface area contributed by atoms with Crippen molar-refractivity contribution in [1.29, 1.82) is 0 Å². The monoisotopic (exact) mass is 297 g/mol. The lowest BCUT2D eigenvalue weighted by Crippen LogP contribution is -2.58. The average Bonchev–Trinajstić information content (AvgIpc) is 1.83. The molecule has 0 aliphatic carbocycles. The number of hydrogen-bond acceptors (Lipinski definition) is 1. The Morgan fingerprint density at radius 3 is 0.857 bits per heavy atom. The van der Waals surface area contributed by atoms with E-state index in [0.29, 0.717) is 16.2 Å². The van der Waals surface area contributed by atoms with Gasteiger partial charge in [-0.25, -0.2) is 0 Å². The summed E-state index contributed by atoms with van der Waals surface area (Å²) in [5.41, 5.74) is 1.31. The molecule has 21 heavy (non-hydrogen) atoms. The van der Waals surface area contributed by atoms with Gasteiger partial charge in [0.1, 0.15) is 0 Å². The Morgan fingerprint density at radius 1 is 0.476 bits per heavy atom. The van der Waals surface area contributed by atoms with Gasteiger partial charge in [0.25, 0.3) is 0 Å². The summed E-state index contributed by atoms with van der Waals surface area (Å²) in [6.45, 7) is 28.3. The van der Waals surface area contributed by atoms with Crippen LogP contribution in [-0.2, 0) is 0 Å². The van der Waals surface area contributed by atoms with Crippen molar-refractivity contribution in [2.45, 2.75) is 113 Å². The standard InChI is InChI=1S/C20H43N/c1-16(2,3)13-20(14-17(4,5)6,15-18(7,8)9)21-19(10,11)12/h21H,13-15H2,1-12H3. The molecule has 0 unspecified atom stereocenters. The molecule has 0 aliphatic rings. The molecule has 1 heteroatoms. The molecule has 0 radical (unpaired) electrons. The molecular formula is C20H43N. The van der Waals surface area contributed by atoms with Crippen LogP contribution >= 0.6 is 0 Å². The van der Waals surface area contributed by atoms with E-state index in [1.807, 2.05) is 0 Å². The molecule has 0 fully saturated rings. The molecule has 0 spiro atoms. The van der Waals surface area contributed by atoms with Crippen LogP contribution in [0.2, 0.25) is 0 Å². The second-order valence-electron chi connectivity index (χ2n) is 11.9.